The molecule has 0 amide bonds. The molecule has 3 rings (SSSR count). The average Bonchev–Trinajstić information content (AvgIpc) is 2.77. The summed E-state index contributed by atoms with van der Waals surface area (Å²) in [7, 11) is 2.09. The van der Waals surface area contributed by atoms with E-state index < -0.39 is 0 Å². The number of nitrogens with zero attached hydrogens (tertiary/aromatic N) is 3. The highest BCUT2D eigenvalue weighted by molar-refractivity contribution is 5.74. The maximum Gasteiger partial charge on any atom is 0.126 e. The van der Waals surface area contributed by atoms with Crippen molar-refractivity contribution >= 4 is 11.0 Å². The second kappa shape index (κ2) is 4.69. The SMILES string of the molecule is CCC1CCNC(c2nc3ccncc3n2C)C1. The van der Waals surface area contributed by atoms with Crippen molar-refractivity contribution in [3.63, 3.8) is 0 Å². The molecule has 4 heteroatoms. The van der Waals surface area contributed by atoms with Gasteiger partial charge in [0.1, 0.15) is 5.82 Å². The van der Waals surface area contributed by atoms with Crippen LogP contribution < -0.4 is 5.32 Å². The molecular formula is C14H20N4. The van der Waals surface area contributed by atoms with Crippen molar-refractivity contribution in [2.75, 3.05) is 6.54 Å². The number of hydrogen-bond donors (Lipinski definition) is 1. The molecule has 2 unspecified atom stereocenters. The zero-order chi connectivity index (χ0) is 12.5. The third-order valence-corrected chi connectivity index (χ3v) is 4.12. The first-order valence-electron chi connectivity index (χ1n) is 6.79. The predicted molar refractivity (Wildman–Crippen MR) is 72.3 cm³/mol. The lowest BCUT2D eigenvalue weighted by Crippen LogP contribution is -2.33. The predicted octanol–water partition coefficient (Wildman–Crippen LogP) is 2.42. The Kier molecular flexibility index (Phi) is 3.04. The lowest BCUT2D eigenvalue weighted by molar-refractivity contribution is 0.288. The Balaban J connectivity index is 1.96. The van der Waals surface area contributed by atoms with Gasteiger partial charge in [-0.05, 0) is 31.4 Å². The van der Waals surface area contributed by atoms with Crippen molar-refractivity contribution in [2.45, 2.75) is 32.2 Å². The number of rotatable bonds is 2. The van der Waals surface area contributed by atoms with Gasteiger partial charge in [0.25, 0.3) is 0 Å². The molecule has 4 nitrogen and oxygen atoms in total. The Morgan fingerprint density at radius 1 is 1.50 bits per heavy atom. The number of fused-ring (bicyclic) bond motifs is 1. The molecule has 0 spiro atoms. The van der Waals surface area contributed by atoms with Crippen LogP contribution in [0.2, 0.25) is 0 Å². The number of pyridine rings is 1. The van der Waals surface area contributed by atoms with Gasteiger partial charge in [-0.2, -0.15) is 0 Å². The van der Waals surface area contributed by atoms with Gasteiger partial charge in [-0.25, -0.2) is 4.98 Å². The van der Waals surface area contributed by atoms with Gasteiger partial charge in [0.05, 0.1) is 23.3 Å². The number of hydrogen-bond acceptors (Lipinski definition) is 3. The van der Waals surface area contributed by atoms with Crippen LogP contribution in [0, 0.1) is 5.92 Å². The van der Waals surface area contributed by atoms with Gasteiger partial charge in [0, 0.05) is 13.2 Å². The van der Waals surface area contributed by atoms with Gasteiger partial charge >= 0.3 is 0 Å². The molecule has 2 atom stereocenters. The fraction of sp³-hybridized carbons (Fsp3) is 0.571. The molecule has 2 aromatic heterocycles. The van der Waals surface area contributed by atoms with Crippen LogP contribution in [0.15, 0.2) is 18.5 Å². The second-order valence-corrected chi connectivity index (χ2v) is 5.20. The second-order valence-electron chi connectivity index (χ2n) is 5.20. The molecule has 1 aliphatic heterocycles. The van der Waals surface area contributed by atoms with E-state index in [0.717, 1.165) is 29.3 Å². The molecular weight excluding hydrogens is 224 g/mol. The molecule has 1 N–H and O–H groups in total. The Morgan fingerprint density at radius 3 is 3.17 bits per heavy atom. The van der Waals surface area contributed by atoms with Gasteiger partial charge in [0.2, 0.25) is 0 Å². The molecule has 0 aliphatic carbocycles. The minimum Gasteiger partial charge on any atom is -0.329 e. The summed E-state index contributed by atoms with van der Waals surface area (Å²) >= 11 is 0. The maximum atomic E-state index is 4.77. The quantitative estimate of drug-likeness (QED) is 0.882. The van der Waals surface area contributed by atoms with Crippen LogP contribution in [0.4, 0.5) is 0 Å². The largest absolute Gasteiger partial charge is 0.329 e. The van der Waals surface area contributed by atoms with Crippen LogP contribution in [-0.2, 0) is 7.05 Å². The summed E-state index contributed by atoms with van der Waals surface area (Å²) in [6.45, 7) is 3.39. The first-order chi connectivity index (χ1) is 8.79. The van der Waals surface area contributed by atoms with Crippen LogP contribution >= 0.6 is 0 Å². The van der Waals surface area contributed by atoms with E-state index in [-0.39, 0.29) is 0 Å². The Labute approximate surface area is 107 Å². The minimum absolute atomic E-state index is 0.390. The van der Waals surface area contributed by atoms with Crippen LogP contribution in [0.3, 0.4) is 0 Å². The summed E-state index contributed by atoms with van der Waals surface area (Å²) in [4.78, 5) is 8.95. The van der Waals surface area contributed by atoms with Crippen molar-refractivity contribution in [1.82, 2.24) is 19.9 Å². The van der Waals surface area contributed by atoms with Crippen LogP contribution in [0.1, 0.15) is 38.1 Å². The molecule has 0 radical (unpaired) electrons. The first kappa shape index (κ1) is 11.7. The topological polar surface area (TPSA) is 42.7 Å². The Morgan fingerprint density at radius 2 is 2.39 bits per heavy atom. The highest BCUT2D eigenvalue weighted by atomic mass is 15.1. The monoisotopic (exact) mass is 244 g/mol. The van der Waals surface area contributed by atoms with E-state index in [2.05, 4.69) is 28.8 Å². The molecule has 96 valence electrons. The molecule has 18 heavy (non-hydrogen) atoms. The Bertz CT molecular complexity index is 546. The molecule has 1 aliphatic rings. The van der Waals surface area contributed by atoms with Crippen molar-refractivity contribution in [2.24, 2.45) is 13.0 Å². The standard InChI is InChI=1S/C14H20N4/c1-3-10-4-7-16-12(8-10)14-17-11-5-6-15-9-13(11)18(14)2/h5-6,9-10,12,16H,3-4,7-8H2,1-2H3. The zero-order valence-electron chi connectivity index (χ0n) is 11.1. The molecule has 3 heterocycles. The highest BCUT2D eigenvalue weighted by Crippen LogP contribution is 2.29. The first-order valence-corrected chi connectivity index (χ1v) is 6.79. The van der Waals surface area contributed by atoms with E-state index in [1.54, 1.807) is 0 Å². The van der Waals surface area contributed by atoms with Gasteiger partial charge < -0.3 is 9.88 Å². The third-order valence-electron chi connectivity index (χ3n) is 4.12. The van der Waals surface area contributed by atoms with Crippen molar-refractivity contribution in [1.29, 1.82) is 0 Å². The summed E-state index contributed by atoms with van der Waals surface area (Å²) in [6, 6.07) is 2.37. The van der Waals surface area contributed by atoms with Crippen LogP contribution in [0.5, 0.6) is 0 Å². The van der Waals surface area contributed by atoms with E-state index in [1.165, 1.54) is 19.3 Å². The fourth-order valence-electron chi connectivity index (χ4n) is 2.93. The molecule has 1 fully saturated rings. The lowest BCUT2D eigenvalue weighted by atomic mass is 9.90. The summed E-state index contributed by atoms with van der Waals surface area (Å²) < 4.78 is 2.18. The zero-order valence-corrected chi connectivity index (χ0v) is 11.1. The van der Waals surface area contributed by atoms with E-state index in [4.69, 9.17) is 4.98 Å². The van der Waals surface area contributed by atoms with E-state index in [9.17, 15) is 0 Å². The number of nitrogens with one attached hydrogen (secondary N) is 1. The van der Waals surface area contributed by atoms with Gasteiger partial charge in [-0.1, -0.05) is 13.3 Å². The van der Waals surface area contributed by atoms with E-state index in [1.807, 2.05) is 18.5 Å². The molecule has 0 bridgehead atoms. The normalized spacial score (nSPS) is 24.6. The minimum atomic E-state index is 0.390. The third kappa shape index (κ3) is 1.90. The van der Waals surface area contributed by atoms with Gasteiger partial charge in [-0.3, -0.25) is 4.98 Å². The number of aryl methyl sites for hydroxylation is 1. The van der Waals surface area contributed by atoms with Crippen molar-refractivity contribution in [3.05, 3.63) is 24.3 Å². The molecule has 2 aromatic rings. The lowest BCUT2D eigenvalue weighted by Gasteiger charge is -2.29. The number of imidazole rings is 1. The fourth-order valence-corrected chi connectivity index (χ4v) is 2.93. The Hall–Kier alpha value is -1.42. The average molecular weight is 244 g/mol. The van der Waals surface area contributed by atoms with Crippen molar-refractivity contribution in [3.8, 4) is 0 Å². The van der Waals surface area contributed by atoms with Gasteiger partial charge in [0.15, 0.2) is 0 Å². The smallest absolute Gasteiger partial charge is 0.126 e. The summed E-state index contributed by atoms with van der Waals surface area (Å²) in [5.74, 6) is 1.98. The maximum absolute atomic E-state index is 4.77. The van der Waals surface area contributed by atoms with Crippen molar-refractivity contribution < 1.29 is 0 Å². The van der Waals surface area contributed by atoms with E-state index in [0.29, 0.717) is 6.04 Å². The highest BCUT2D eigenvalue weighted by Gasteiger charge is 2.25. The molecule has 0 aromatic carbocycles. The number of aromatic nitrogens is 3. The molecule has 0 saturated carbocycles. The van der Waals surface area contributed by atoms with Crippen LogP contribution in [0.25, 0.3) is 11.0 Å². The summed E-state index contributed by atoms with van der Waals surface area (Å²) in [5, 5.41) is 3.60. The summed E-state index contributed by atoms with van der Waals surface area (Å²) in [5.41, 5.74) is 2.16. The molecule has 1 saturated heterocycles. The van der Waals surface area contributed by atoms with E-state index >= 15 is 0 Å². The van der Waals surface area contributed by atoms with Crippen LogP contribution in [-0.4, -0.2) is 21.1 Å². The van der Waals surface area contributed by atoms with Gasteiger partial charge in [-0.15, -0.1) is 0 Å². The number of piperidine rings is 1. The summed E-state index contributed by atoms with van der Waals surface area (Å²) in [6.07, 6.45) is 7.46.